The second-order valence-corrected chi connectivity index (χ2v) is 12.9. The van der Waals surface area contributed by atoms with E-state index < -0.39 is 6.09 Å². The van der Waals surface area contributed by atoms with Gasteiger partial charge in [-0.1, -0.05) is 68.4 Å². The number of carbonyl (C=O) groups excluding carboxylic acids is 4. The van der Waals surface area contributed by atoms with Gasteiger partial charge < -0.3 is 15.4 Å². The van der Waals surface area contributed by atoms with Crippen molar-refractivity contribution in [3.05, 3.63) is 95.6 Å². The largest absolute Gasteiger partial charge is 0.444 e. The van der Waals surface area contributed by atoms with E-state index in [2.05, 4.69) is 59.0 Å². The molecule has 47 heavy (non-hydrogen) atoms. The van der Waals surface area contributed by atoms with E-state index in [0.717, 1.165) is 38.8 Å². The van der Waals surface area contributed by atoms with Crippen LogP contribution in [0.25, 0.3) is 0 Å². The van der Waals surface area contributed by atoms with Gasteiger partial charge in [0.1, 0.15) is 6.10 Å². The number of hydrogen-bond donors (Lipinski definition) is 3. The number of benzene rings is 3. The van der Waals surface area contributed by atoms with Gasteiger partial charge in [0.2, 0.25) is 0 Å². The molecule has 3 aromatic carbocycles. The highest BCUT2D eigenvalue weighted by atomic mass is 16.6. The first-order chi connectivity index (χ1) is 22.6. The maximum atomic E-state index is 13.2. The third kappa shape index (κ3) is 11.4. The summed E-state index contributed by atoms with van der Waals surface area (Å²) in [5.74, 6) is 0.616. The second kappa shape index (κ2) is 17.4. The van der Waals surface area contributed by atoms with Crippen molar-refractivity contribution in [3.8, 4) is 0 Å². The first-order valence-corrected chi connectivity index (χ1v) is 16.6. The van der Waals surface area contributed by atoms with Crippen LogP contribution in [-0.4, -0.2) is 60.4 Å². The van der Waals surface area contributed by atoms with Gasteiger partial charge in [-0.05, 0) is 94.2 Å². The highest BCUT2D eigenvalue weighted by Crippen LogP contribution is 2.31. The van der Waals surface area contributed by atoms with Gasteiger partial charge in [0.15, 0.2) is 11.6 Å². The fraction of sp³-hybridized carbons (Fsp3) is 0.421. The van der Waals surface area contributed by atoms with E-state index in [1.807, 2.05) is 6.07 Å². The number of anilines is 2. The third-order valence-corrected chi connectivity index (χ3v) is 8.58. The molecular weight excluding hydrogens is 592 g/mol. The van der Waals surface area contributed by atoms with E-state index in [4.69, 9.17) is 4.74 Å². The summed E-state index contributed by atoms with van der Waals surface area (Å²) in [6.07, 6.45) is 3.45. The predicted molar refractivity (Wildman–Crippen MR) is 186 cm³/mol. The Morgan fingerprint density at radius 3 is 2.11 bits per heavy atom. The zero-order valence-electron chi connectivity index (χ0n) is 28.0. The standard InChI is InChI=1S/C38H48N4O5/c1-26(2)21-36(47-38(46)41-34-16-9-14-32(25-34)28(4)44)35-23-30(22-29-11-6-5-7-12-29)17-20-42(35)19-10-18-39-37(45)40-33-15-8-13-31(24-33)27(3)43/h5-9,11-16,24-26,30,35-36H,10,17-23H2,1-4H3,(H,41,46)(H2,39,40,45). The highest BCUT2D eigenvalue weighted by Gasteiger charge is 2.36. The van der Waals surface area contributed by atoms with Gasteiger partial charge in [0, 0.05) is 41.6 Å². The molecule has 3 unspecified atom stereocenters. The number of piperidine rings is 1. The van der Waals surface area contributed by atoms with Crippen molar-refractivity contribution >= 4 is 35.1 Å². The van der Waals surface area contributed by atoms with Gasteiger partial charge in [-0.2, -0.15) is 0 Å². The molecule has 9 nitrogen and oxygen atoms in total. The minimum atomic E-state index is -0.534. The van der Waals surface area contributed by atoms with Gasteiger partial charge in [0.05, 0.1) is 0 Å². The number of nitrogens with zero attached hydrogens (tertiary/aromatic N) is 1. The molecule has 0 saturated carbocycles. The summed E-state index contributed by atoms with van der Waals surface area (Å²) in [6, 6.07) is 23.9. The van der Waals surface area contributed by atoms with Gasteiger partial charge >= 0.3 is 12.1 Å². The maximum Gasteiger partial charge on any atom is 0.411 e. The van der Waals surface area contributed by atoms with Gasteiger partial charge in [0.25, 0.3) is 0 Å². The van der Waals surface area contributed by atoms with Crippen LogP contribution in [0.5, 0.6) is 0 Å². The lowest BCUT2D eigenvalue weighted by molar-refractivity contribution is -0.00861. The summed E-state index contributed by atoms with van der Waals surface area (Å²) >= 11 is 0. The Morgan fingerprint density at radius 1 is 0.851 bits per heavy atom. The Morgan fingerprint density at radius 2 is 1.49 bits per heavy atom. The number of urea groups is 1. The van der Waals surface area contributed by atoms with Crippen LogP contribution in [0.1, 0.15) is 79.7 Å². The van der Waals surface area contributed by atoms with Gasteiger partial charge in [-0.15, -0.1) is 0 Å². The molecule has 3 atom stereocenters. The summed E-state index contributed by atoms with van der Waals surface area (Å²) in [7, 11) is 0. The van der Waals surface area contributed by atoms with Crippen LogP contribution in [0.2, 0.25) is 0 Å². The number of likely N-dealkylation sites (tertiary alicyclic amines) is 1. The van der Waals surface area contributed by atoms with Crippen molar-refractivity contribution in [1.29, 1.82) is 0 Å². The monoisotopic (exact) mass is 640 g/mol. The summed E-state index contributed by atoms with van der Waals surface area (Å²) < 4.78 is 6.19. The molecule has 4 rings (SSSR count). The number of nitrogens with one attached hydrogen (secondary N) is 3. The smallest absolute Gasteiger partial charge is 0.411 e. The molecule has 1 aliphatic heterocycles. The number of hydrogen-bond acceptors (Lipinski definition) is 6. The molecule has 250 valence electrons. The van der Waals surface area contributed by atoms with Crippen LogP contribution in [0.15, 0.2) is 78.9 Å². The molecule has 0 aromatic heterocycles. The summed E-state index contributed by atoms with van der Waals surface area (Å²) in [5.41, 5.74) is 3.45. The van der Waals surface area contributed by atoms with Gasteiger partial charge in [-0.25, -0.2) is 9.59 Å². The Labute approximate surface area is 278 Å². The molecule has 9 heteroatoms. The molecule has 3 N–H and O–H groups in total. The van der Waals surface area contributed by atoms with Crippen LogP contribution >= 0.6 is 0 Å². The lowest BCUT2D eigenvalue weighted by Gasteiger charge is -2.43. The van der Waals surface area contributed by atoms with Crippen LogP contribution in [-0.2, 0) is 11.2 Å². The normalized spacial score (nSPS) is 17.0. The van der Waals surface area contributed by atoms with E-state index in [1.54, 1.807) is 48.5 Å². The molecule has 1 heterocycles. The van der Waals surface area contributed by atoms with Crippen LogP contribution < -0.4 is 16.0 Å². The topological polar surface area (TPSA) is 117 Å². The minimum absolute atomic E-state index is 0.0114. The second-order valence-electron chi connectivity index (χ2n) is 12.9. The molecule has 1 aliphatic rings. The Hall–Kier alpha value is -4.50. The van der Waals surface area contributed by atoms with E-state index in [9.17, 15) is 19.2 Å². The molecule has 3 amide bonds. The average molecular weight is 641 g/mol. The van der Waals surface area contributed by atoms with Crippen molar-refractivity contribution in [3.63, 3.8) is 0 Å². The summed E-state index contributed by atoms with van der Waals surface area (Å²) in [5, 5.41) is 8.57. The minimum Gasteiger partial charge on any atom is -0.444 e. The number of Topliss-reactive ketones (excluding diaryl/α,β-unsaturated/α-hetero) is 2. The van der Waals surface area contributed by atoms with Crippen LogP contribution in [0.4, 0.5) is 21.0 Å². The zero-order valence-corrected chi connectivity index (χ0v) is 28.0. The van der Waals surface area contributed by atoms with Crippen molar-refractivity contribution in [1.82, 2.24) is 10.2 Å². The molecule has 0 bridgehead atoms. The molecule has 3 aromatic rings. The lowest BCUT2D eigenvalue weighted by Crippen LogP contribution is -2.52. The first kappa shape index (κ1) is 35.4. The Kier molecular flexibility index (Phi) is 13.1. The van der Waals surface area contributed by atoms with Crippen molar-refractivity contribution in [2.24, 2.45) is 11.8 Å². The molecule has 1 fully saturated rings. The first-order valence-electron chi connectivity index (χ1n) is 16.6. The number of ketones is 2. The Bertz CT molecular complexity index is 1510. The average Bonchev–Trinajstić information content (AvgIpc) is 3.03. The molecule has 0 aliphatic carbocycles. The zero-order chi connectivity index (χ0) is 33.8. The quantitative estimate of drug-likeness (QED) is 0.124. The highest BCUT2D eigenvalue weighted by molar-refractivity contribution is 5.97. The van der Waals surface area contributed by atoms with Crippen molar-refractivity contribution in [2.75, 3.05) is 30.3 Å². The number of amides is 3. The summed E-state index contributed by atoms with van der Waals surface area (Å²) in [6.45, 7) is 9.33. The number of rotatable bonds is 14. The van der Waals surface area contributed by atoms with E-state index in [1.165, 1.54) is 19.4 Å². The molecule has 0 spiro atoms. The maximum absolute atomic E-state index is 13.2. The van der Waals surface area contributed by atoms with Crippen molar-refractivity contribution < 1.29 is 23.9 Å². The fourth-order valence-electron chi connectivity index (χ4n) is 6.24. The predicted octanol–water partition coefficient (Wildman–Crippen LogP) is 7.59. The van der Waals surface area contributed by atoms with E-state index in [-0.39, 0.29) is 29.7 Å². The Balaban J connectivity index is 1.41. The number of carbonyl (C=O) groups is 4. The fourth-order valence-corrected chi connectivity index (χ4v) is 6.24. The van der Waals surface area contributed by atoms with E-state index >= 15 is 0 Å². The summed E-state index contributed by atoms with van der Waals surface area (Å²) in [4.78, 5) is 51.8. The van der Waals surface area contributed by atoms with Crippen molar-refractivity contribution in [2.45, 2.75) is 71.9 Å². The lowest BCUT2D eigenvalue weighted by atomic mass is 9.82. The molecular formula is C38H48N4O5. The SMILES string of the molecule is CC(=O)c1cccc(NC(=O)NCCCN2CCC(Cc3ccccc3)CC2C(CC(C)C)OC(=O)Nc2cccc(C(C)=O)c2)c1. The number of ether oxygens (including phenoxy) is 1. The molecule has 1 saturated heterocycles. The molecule has 0 radical (unpaired) electrons. The third-order valence-electron chi connectivity index (χ3n) is 8.58. The van der Waals surface area contributed by atoms with Crippen LogP contribution in [0.3, 0.4) is 0 Å². The van der Waals surface area contributed by atoms with E-state index in [0.29, 0.717) is 47.3 Å². The van der Waals surface area contributed by atoms with Gasteiger partial charge in [-0.3, -0.25) is 19.8 Å². The van der Waals surface area contributed by atoms with Crippen LogP contribution in [0, 0.1) is 11.8 Å².